The first-order valence-corrected chi connectivity index (χ1v) is 12.8. The minimum absolute atomic E-state index is 0.00950. The molecule has 1 saturated carbocycles. The van der Waals surface area contributed by atoms with Gasteiger partial charge in [-0.05, 0) is 95.0 Å². The summed E-state index contributed by atoms with van der Waals surface area (Å²) in [4.78, 5) is 24.9. The molecule has 4 rings (SSSR count). The van der Waals surface area contributed by atoms with Crippen LogP contribution in [0.2, 0.25) is 0 Å². The molecule has 2 aliphatic rings. The van der Waals surface area contributed by atoms with Crippen molar-refractivity contribution in [2.45, 2.75) is 70.0 Å². The summed E-state index contributed by atoms with van der Waals surface area (Å²) in [5.41, 5.74) is 1.01. The van der Waals surface area contributed by atoms with Crippen molar-refractivity contribution in [3.05, 3.63) is 35.9 Å². The van der Waals surface area contributed by atoms with Crippen LogP contribution in [0.15, 0.2) is 35.4 Å². The third kappa shape index (κ3) is 6.40. The Morgan fingerprint density at radius 3 is 2.50 bits per heavy atom. The molecule has 0 radical (unpaired) electrons. The van der Waals surface area contributed by atoms with Crippen molar-refractivity contribution in [3.8, 4) is 0 Å². The number of aliphatic hydroxyl groups excluding tert-OH is 1. The van der Waals surface area contributed by atoms with Crippen LogP contribution in [0, 0.1) is 5.41 Å². The summed E-state index contributed by atoms with van der Waals surface area (Å²) in [5, 5.41) is 16.4. The van der Waals surface area contributed by atoms with E-state index in [-0.39, 0.29) is 24.1 Å². The van der Waals surface area contributed by atoms with Crippen LogP contribution in [0.4, 0.5) is 17.5 Å². The van der Waals surface area contributed by atoms with Gasteiger partial charge in [-0.15, -0.1) is 0 Å². The zero-order valence-corrected chi connectivity index (χ0v) is 21.3. The average molecular weight is 485 g/mol. The zero-order chi connectivity index (χ0) is 24.3. The summed E-state index contributed by atoms with van der Waals surface area (Å²) < 4.78 is 3.34. The number of amides is 1. The molecule has 1 saturated heterocycles. The monoisotopic (exact) mass is 484 g/mol. The molecule has 1 amide bonds. The molecule has 2 aromatic rings. The fourth-order valence-corrected chi connectivity index (χ4v) is 4.75. The molecule has 0 bridgehead atoms. The van der Waals surface area contributed by atoms with E-state index in [2.05, 4.69) is 46.0 Å². The van der Waals surface area contributed by atoms with Gasteiger partial charge >= 0.3 is 0 Å². The fraction of sp³-hybridized carbons (Fsp3) is 0.560. The second-order valence-electron chi connectivity index (χ2n) is 10.6. The van der Waals surface area contributed by atoms with Crippen molar-refractivity contribution in [1.29, 1.82) is 0 Å². The van der Waals surface area contributed by atoms with Crippen LogP contribution in [0.1, 0.15) is 63.7 Å². The van der Waals surface area contributed by atoms with Crippen molar-refractivity contribution >= 4 is 35.3 Å². The summed E-state index contributed by atoms with van der Waals surface area (Å²) in [6, 6.07) is 9.08. The highest BCUT2D eigenvalue weighted by molar-refractivity contribution is 7.97. The second kappa shape index (κ2) is 10.1. The highest BCUT2D eigenvalue weighted by atomic mass is 32.2. The van der Waals surface area contributed by atoms with Gasteiger partial charge in [0.25, 0.3) is 5.91 Å². The molecule has 34 heavy (non-hydrogen) atoms. The van der Waals surface area contributed by atoms with E-state index in [0.717, 1.165) is 31.0 Å². The molecule has 1 aliphatic heterocycles. The molecule has 184 valence electrons. The van der Waals surface area contributed by atoms with E-state index < -0.39 is 0 Å². The Morgan fingerprint density at radius 1 is 1.12 bits per heavy atom. The normalized spacial score (nSPS) is 18.0. The topological polar surface area (TPSA) is 102 Å². The van der Waals surface area contributed by atoms with E-state index >= 15 is 0 Å². The smallest absolute Gasteiger partial charge is 0.260 e. The molecule has 2 aromatic heterocycles. The first kappa shape index (κ1) is 24.8. The number of piperidine rings is 1. The Kier molecular flexibility index (Phi) is 7.35. The van der Waals surface area contributed by atoms with Gasteiger partial charge in [-0.25, -0.2) is 9.97 Å². The molecule has 8 nitrogen and oxygen atoms in total. The maximum absolute atomic E-state index is 13.3. The van der Waals surface area contributed by atoms with Gasteiger partial charge in [0, 0.05) is 24.7 Å². The molecule has 3 heterocycles. The summed E-state index contributed by atoms with van der Waals surface area (Å²) >= 11 is 1.44. The zero-order valence-electron chi connectivity index (χ0n) is 20.5. The predicted molar refractivity (Wildman–Crippen MR) is 138 cm³/mol. The van der Waals surface area contributed by atoms with Crippen molar-refractivity contribution in [1.82, 2.24) is 14.7 Å². The fourth-order valence-electron chi connectivity index (χ4n) is 4.05. The lowest BCUT2D eigenvalue weighted by Crippen LogP contribution is -2.36. The maximum Gasteiger partial charge on any atom is 0.260 e. The van der Waals surface area contributed by atoms with E-state index in [1.54, 1.807) is 12.1 Å². The molecular weight excluding hydrogens is 448 g/mol. The minimum Gasteiger partial charge on any atom is -0.394 e. The Hall–Kier alpha value is -2.36. The number of hydrogen-bond acceptors (Lipinski definition) is 8. The molecule has 4 N–H and O–H groups in total. The minimum atomic E-state index is -0.227. The van der Waals surface area contributed by atoms with Crippen molar-refractivity contribution in [3.63, 3.8) is 0 Å². The maximum atomic E-state index is 13.3. The van der Waals surface area contributed by atoms with Gasteiger partial charge in [-0.1, -0.05) is 6.07 Å². The van der Waals surface area contributed by atoms with E-state index in [4.69, 9.17) is 4.98 Å². The molecule has 1 unspecified atom stereocenters. The van der Waals surface area contributed by atoms with Gasteiger partial charge in [0.05, 0.1) is 12.2 Å². The van der Waals surface area contributed by atoms with Gasteiger partial charge in [0.2, 0.25) is 0 Å². The second-order valence-corrected chi connectivity index (χ2v) is 11.4. The molecular formula is C25H36N6O2S. The van der Waals surface area contributed by atoms with Crippen LogP contribution in [-0.4, -0.2) is 52.3 Å². The van der Waals surface area contributed by atoms with E-state index in [1.807, 2.05) is 25.1 Å². The van der Waals surface area contributed by atoms with Gasteiger partial charge in [0.1, 0.15) is 22.5 Å². The van der Waals surface area contributed by atoms with E-state index in [1.165, 1.54) is 24.8 Å². The Balaban J connectivity index is 1.53. The van der Waals surface area contributed by atoms with Crippen LogP contribution in [-0.2, 0) is 0 Å². The van der Waals surface area contributed by atoms with E-state index in [9.17, 15) is 9.90 Å². The third-order valence-electron chi connectivity index (χ3n) is 6.30. The molecule has 2 fully saturated rings. The lowest BCUT2D eigenvalue weighted by atomic mass is 9.93. The van der Waals surface area contributed by atoms with E-state index in [0.29, 0.717) is 28.4 Å². The summed E-state index contributed by atoms with van der Waals surface area (Å²) in [6.45, 7) is 9.97. The molecule has 1 atom stereocenters. The number of anilines is 3. The largest absolute Gasteiger partial charge is 0.394 e. The number of pyridine rings is 2. The summed E-state index contributed by atoms with van der Waals surface area (Å²) in [6.07, 6.45) is 4.92. The van der Waals surface area contributed by atoms with Gasteiger partial charge in [-0.3, -0.25) is 9.52 Å². The van der Waals surface area contributed by atoms with Crippen LogP contribution < -0.4 is 20.3 Å². The van der Waals surface area contributed by atoms with Crippen LogP contribution in [0.3, 0.4) is 0 Å². The highest BCUT2D eigenvalue weighted by Gasteiger charge is 2.44. The molecule has 0 aromatic carbocycles. The standard InChI is InChI=1S/C25H36N6O2S/c1-17(16-32)26-20-9-8-18(22(28-20)31-14-12-25(10-11-25)13-15-31)23(33)29-19-6-5-7-21(27-19)34-30-24(2,3)4/h5-9,17,30,32H,10-16H2,1-4H3,(H,26,28)(H,27,29,33). The van der Waals surface area contributed by atoms with Gasteiger partial charge in [-0.2, -0.15) is 0 Å². The quantitative estimate of drug-likeness (QED) is 0.412. The molecule has 1 spiro atoms. The van der Waals surface area contributed by atoms with Crippen molar-refractivity contribution in [2.75, 3.05) is 35.2 Å². The number of aromatic nitrogens is 2. The number of carbonyl (C=O) groups is 1. The lowest BCUT2D eigenvalue weighted by molar-refractivity contribution is 0.102. The lowest BCUT2D eigenvalue weighted by Gasteiger charge is -2.34. The summed E-state index contributed by atoms with van der Waals surface area (Å²) in [7, 11) is 0. The Morgan fingerprint density at radius 2 is 1.85 bits per heavy atom. The first-order valence-electron chi connectivity index (χ1n) is 12.0. The Bertz CT molecular complexity index is 1010. The number of rotatable bonds is 8. The average Bonchev–Trinajstić information content (AvgIpc) is 3.56. The van der Waals surface area contributed by atoms with Crippen LogP contribution >= 0.6 is 11.9 Å². The van der Waals surface area contributed by atoms with Crippen molar-refractivity contribution < 1.29 is 9.90 Å². The van der Waals surface area contributed by atoms with Crippen molar-refractivity contribution in [2.24, 2.45) is 5.41 Å². The summed E-state index contributed by atoms with van der Waals surface area (Å²) in [5.74, 6) is 1.62. The molecule has 1 aliphatic carbocycles. The van der Waals surface area contributed by atoms with Gasteiger partial charge < -0.3 is 20.6 Å². The third-order valence-corrected chi connectivity index (χ3v) is 7.45. The van der Waals surface area contributed by atoms with Crippen LogP contribution in [0.5, 0.6) is 0 Å². The highest BCUT2D eigenvalue weighted by Crippen LogP contribution is 2.54. The number of carbonyl (C=O) groups excluding carboxylic acids is 1. The SMILES string of the molecule is CC(CO)Nc1ccc(C(=O)Nc2cccc(SNC(C)(C)C)n2)c(N2CCC3(CC2)CC3)n1. The molecule has 9 heteroatoms. The van der Waals surface area contributed by atoms with Crippen LogP contribution in [0.25, 0.3) is 0 Å². The number of aliphatic hydroxyl groups is 1. The first-order chi connectivity index (χ1) is 16.2. The predicted octanol–water partition coefficient (Wildman–Crippen LogP) is 4.30. The number of nitrogens with one attached hydrogen (secondary N) is 3. The Labute approximate surface area is 206 Å². The number of nitrogens with zero attached hydrogens (tertiary/aromatic N) is 3. The van der Waals surface area contributed by atoms with Gasteiger partial charge in [0.15, 0.2) is 0 Å². The number of hydrogen-bond donors (Lipinski definition) is 4.